The molecule has 0 radical (unpaired) electrons. The number of rotatable bonds is 50. The quantitative estimate of drug-likeness (QED) is 0.0262. The standard InChI is InChI=1S/C62H104O6/c1-4-7-10-13-16-19-22-25-28-31-34-37-40-43-46-49-52-55-61(64)67-58-59(57-66-60(63)54-51-48-45-42-39-36-33-30-27-24-21-18-15-12-9-6-3)68-62(65)56-53-50-47-44-41-38-35-32-29-26-23-20-17-14-11-8-5-2/h7,10,16,19,21,24-26,28-30,33-34,37,43,46,59H,4-6,8-9,11-15,17-18,20,22-23,27,31-32,35-36,38-42,44-45,47-58H2,1-3H3/b10-7-,19-16-,24-21-,28-25-,29-26-,33-30-,37-34-,46-43-. The van der Waals surface area contributed by atoms with E-state index < -0.39 is 6.10 Å². The molecule has 6 heteroatoms. The van der Waals surface area contributed by atoms with Gasteiger partial charge in [0, 0.05) is 19.3 Å². The molecule has 0 N–H and O–H groups in total. The molecule has 0 aliphatic heterocycles. The molecule has 0 bridgehead atoms. The zero-order valence-electron chi connectivity index (χ0n) is 44.3. The molecule has 0 heterocycles. The van der Waals surface area contributed by atoms with Crippen molar-refractivity contribution in [3.8, 4) is 0 Å². The zero-order valence-corrected chi connectivity index (χ0v) is 44.3. The Labute approximate surface area is 419 Å². The van der Waals surface area contributed by atoms with E-state index in [1.165, 1.54) is 109 Å². The van der Waals surface area contributed by atoms with Crippen molar-refractivity contribution in [2.24, 2.45) is 0 Å². The van der Waals surface area contributed by atoms with Gasteiger partial charge in [0.1, 0.15) is 13.2 Å². The Morgan fingerprint density at radius 3 is 0.985 bits per heavy atom. The lowest BCUT2D eigenvalue weighted by molar-refractivity contribution is -0.167. The molecule has 0 amide bonds. The van der Waals surface area contributed by atoms with Crippen LogP contribution >= 0.6 is 0 Å². The van der Waals surface area contributed by atoms with Crippen LogP contribution in [-0.2, 0) is 28.6 Å². The van der Waals surface area contributed by atoms with Crippen LogP contribution in [0.1, 0.15) is 258 Å². The molecule has 68 heavy (non-hydrogen) atoms. The van der Waals surface area contributed by atoms with E-state index in [2.05, 4.69) is 118 Å². The maximum Gasteiger partial charge on any atom is 0.306 e. The van der Waals surface area contributed by atoms with Crippen LogP contribution in [0.3, 0.4) is 0 Å². The number of carbonyl (C=O) groups excluding carboxylic acids is 3. The van der Waals surface area contributed by atoms with Gasteiger partial charge in [-0.2, -0.15) is 0 Å². The van der Waals surface area contributed by atoms with Gasteiger partial charge in [0.2, 0.25) is 0 Å². The molecule has 0 aromatic carbocycles. The van der Waals surface area contributed by atoms with E-state index in [1.807, 2.05) is 0 Å². The van der Waals surface area contributed by atoms with E-state index in [4.69, 9.17) is 14.2 Å². The van der Waals surface area contributed by atoms with E-state index >= 15 is 0 Å². The van der Waals surface area contributed by atoms with E-state index in [9.17, 15) is 14.4 Å². The molecule has 0 aliphatic rings. The summed E-state index contributed by atoms with van der Waals surface area (Å²) in [5.74, 6) is -0.980. The van der Waals surface area contributed by atoms with Crippen molar-refractivity contribution in [1.29, 1.82) is 0 Å². The monoisotopic (exact) mass is 945 g/mol. The largest absolute Gasteiger partial charge is 0.462 e. The molecule has 1 atom stereocenters. The van der Waals surface area contributed by atoms with Crippen LogP contribution < -0.4 is 0 Å². The van der Waals surface area contributed by atoms with Gasteiger partial charge in [0.25, 0.3) is 0 Å². The molecule has 0 aliphatic carbocycles. The molecular formula is C62H104O6. The van der Waals surface area contributed by atoms with Crippen molar-refractivity contribution in [2.45, 2.75) is 264 Å². The minimum absolute atomic E-state index is 0.105. The molecule has 0 saturated heterocycles. The van der Waals surface area contributed by atoms with Gasteiger partial charge >= 0.3 is 17.9 Å². The smallest absolute Gasteiger partial charge is 0.306 e. The van der Waals surface area contributed by atoms with E-state index in [1.54, 1.807) is 0 Å². The summed E-state index contributed by atoms with van der Waals surface area (Å²) < 4.78 is 16.8. The number of carbonyl (C=O) groups is 3. The Morgan fingerprint density at radius 2 is 0.588 bits per heavy atom. The Hall–Kier alpha value is -3.67. The molecule has 388 valence electrons. The van der Waals surface area contributed by atoms with Crippen LogP contribution in [-0.4, -0.2) is 37.2 Å². The summed E-state index contributed by atoms with van der Waals surface area (Å²) in [7, 11) is 0. The first-order valence-corrected chi connectivity index (χ1v) is 28.2. The normalized spacial score (nSPS) is 12.8. The molecule has 0 saturated carbocycles. The average Bonchev–Trinajstić information content (AvgIpc) is 3.34. The van der Waals surface area contributed by atoms with Crippen molar-refractivity contribution in [2.75, 3.05) is 13.2 Å². The van der Waals surface area contributed by atoms with Crippen molar-refractivity contribution in [3.63, 3.8) is 0 Å². The average molecular weight is 946 g/mol. The highest BCUT2D eigenvalue weighted by Gasteiger charge is 2.19. The fourth-order valence-electron chi connectivity index (χ4n) is 7.56. The molecule has 0 aromatic heterocycles. The summed E-state index contributed by atoms with van der Waals surface area (Å²) in [5, 5.41) is 0. The molecule has 1 unspecified atom stereocenters. The SMILES string of the molecule is CC/C=C\C/C=C\C/C=C\C/C=C\C/C=C\CCCC(=O)OCC(COC(=O)CCCCCCC/C=C\C/C=C\CCCCCC)OC(=O)CCCCCCCCC/C=C\CCCCCCCC. The third-order valence-electron chi connectivity index (χ3n) is 11.8. The predicted molar refractivity (Wildman–Crippen MR) is 293 cm³/mol. The van der Waals surface area contributed by atoms with Gasteiger partial charge in [-0.15, -0.1) is 0 Å². The first-order chi connectivity index (χ1) is 33.5. The minimum Gasteiger partial charge on any atom is -0.462 e. The van der Waals surface area contributed by atoms with Crippen LogP contribution in [0.5, 0.6) is 0 Å². The van der Waals surface area contributed by atoms with Crippen molar-refractivity contribution in [1.82, 2.24) is 0 Å². The van der Waals surface area contributed by atoms with Crippen molar-refractivity contribution >= 4 is 17.9 Å². The van der Waals surface area contributed by atoms with Crippen LogP contribution in [0.25, 0.3) is 0 Å². The minimum atomic E-state index is -0.810. The van der Waals surface area contributed by atoms with Crippen molar-refractivity contribution in [3.05, 3.63) is 97.2 Å². The van der Waals surface area contributed by atoms with Gasteiger partial charge in [-0.05, 0) is 116 Å². The Balaban J connectivity index is 4.51. The third-order valence-corrected chi connectivity index (χ3v) is 11.8. The number of hydrogen-bond acceptors (Lipinski definition) is 6. The van der Waals surface area contributed by atoms with Gasteiger partial charge < -0.3 is 14.2 Å². The topological polar surface area (TPSA) is 78.9 Å². The fraction of sp³-hybridized carbons (Fsp3) is 0.694. The Morgan fingerprint density at radius 1 is 0.309 bits per heavy atom. The summed E-state index contributed by atoms with van der Waals surface area (Å²) in [6.45, 7) is 6.44. The highest BCUT2D eigenvalue weighted by atomic mass is 16.6. The van der Waals surface area contributed by atoms with Crippen LogP contribution in [0.15, 0.2) is 97.2 Å². The summed E-state index contributed by atoms with van der Waals surface area (Å²) in [4.78, 5) is 38.1. The van der Waals surface area contributed by atoms with E-state index in [0.29, 0.717) is 19.3 Å². The highest BCUT2D eigenvalue weighted by molar-refractivity contribution is 5.71. The maximum absolute atomic E-state index is 12.9. The van der Waals surface area contributed by atoms with E-state index in [-0.39, 0.29) is 37.5 Å². The maximum atomic E-state index is 12.9. The third kappa shape index (κ3) is 53.3. The van der Waals surface area contributed by atoms with Crippen LogP contribution in [0, 0.1) is 0 Å². The van der Waals surface area contributed by atoms with Crippen LogP contribution in [0.2, 0.25) is 0 Å². The first kappa shape index (κ1) is 64.3. The number of allylic oxidation sites excluding steroid dienone is 16. The lowest BCUT2D eigenvalue weighted by Gasteiger charge is -2.18. The summed E-state index contributed by atoms with van der Waals surface area (Å²) in [6, 6.07) is 0. The van der Waals surface area contributed by atoms with Gasteiger partial charge in [-0.1, -0.05) is 221 Å². The molecule has 0 fully saturated rings. The van der Waals surface area contributed by atoms with Gasteiger partial charge in [0.15, 0.2) is 6.10 Å². The first-order valence-electron chi connectivity index (χ1n) is 28.2. The van der Waals surface area contributed by atoms with Gasteiger partial charge in [-0.25, -0.2) is 0 Å². The molecule has 6 nitrogen and oxygen atoms in total. The van der Waals surface area contributed by atoms with Crippen molar-refractivity contribution < 1.29 is 28.6 Å². The van der Waals surface area contributed by atoms with Gasteiger partial charge in [-0.3, -0.25) is 14.4 Å². The van der Waals surface area contributed by atoms with Crippen LogP contribution in [0.4, 0.5) is 0 Å². The predicted octanol–water partition coefficient (Wildman–Crippen LogP) is 18.9. The Bertz CT molecular complexity index is 1360. The van der Waals surface area contributed by atoms with Gasteiger partial charge in [0.05, 0.1) is 0 Å². The second-order valence-electron chi connectivity index (χ2n) is 18.5. The van der Waals surface area contributed by atoms with E-state index in [0.717, 1.165) is 103 Å². The second-order valence-corrected chi connectivity index (χ2v) is 18.5. The zero-order chi connectivity index (χ0) is 49.3. The number of esters is 3. The summed E-state index contributed by atoms with van der Waals surface area (Å²) in [5.41, 5.74) is 0. The second kappa shape index (κ2) is 55.9. The number of unbranched alkanes of at least 4 members (excludes halogenated alkanes) is 23. The molecule has 0 rings (SSSR count). The molecule has 0 spiro atoms. The molecular weight excluding hydrogens is 841 g/mol. The highest BCUT2D eigenvalue weighted by Crippen LogP contribution is 2.14. The summed E-state index contributed by atoms with van der Waals surface area (Å²) >= 11 is 0. The summed E-state index contributed by atoms with van der Waals surface area (Å²) in [6.07, 6.45) is 74.0. The Kier molecular flexibility index (Phi) is 52.9. The lowest BCUT2D eigenvalue weighted by Crippen LogP contribution is -2.30. The molecule has 0 aromatic rings. The number of ether oxygens (including phenoxy) is 3. The lowest BCUT2D eigenvalue weighted by atomic mass is 10.1. The fourth-order valence-corrected chi connectivity index (χ4v) is 7.56. The number of hydrogen-bond donors (Lipinski definition) is 0.